The van der Waals surface area contributed by atoms with Crippen molar-refractivity contribution in [3.63, 3.8) is 0 Å². The molecule has 0 atom stereocenters. The van der Waals surface area contributed by atoms with E-state index in [1.807, 2.05) is 6.92 Å². The number of carbonyl (C=O) groups excluding carboxylic acids is 1. The molecule has 0 aromatic carbocycles. The summed E-state index contributed by atoms with van der Waals surface area (Å²) < 4.78 is 5.38. The fraction of sp³-hybridized carbons (Fsp3) is 0.500. The molecule has 0 aliphatic carbocycles. The van der Waals surface area contributed by atoms with Crippen molar-refractivity contribution in [2.75, 3.05) is 13.1 Å². The van der Waals surface area contributed by atoms with Crippen molar-refractivity contribution < 1.29 is 14.3 Å². The zero-order chi connectivity index (χ0) is 15.8. The van der Waals surface area contributed by atoms with Gasteiger partial charge in [-0.1, -0.05) is 0 Å². The third-order valence-electron chi connectivity index (χ3n) is 3.13. The standard InChI is InChI=1S/C14H19N3O4/c1-5-17(6-14(3,4)20)13(19)9-8(2)21-12-10(9)11(18)15-7-16-12/h7,20H,5-6H2,1-4H3,(H,15,16,18). The van der Waals surface area contributed by atoms with E-state index in [2.05, 4.69) is 9.97 Å². The normalized spacial score (nSPS) is 11.9. The first kappa shape index (κ1) is 15.2. The highest BCUT2D eigenvalue weighted by atomic mass is 16.3. The second kappa shape index (κ2) is 5.33. The molecule has 0 aliphatic rings. The molecule has 2 rings (SSSR count). The van der Waals surface area contributed by atoms with Gasteiger partial charge in [-0.25, -0.2) is 4.98 Å². The molecule has 0 bridgehead atoms. The average Bonchev–Trinajstić information content (AvgIpc) is 2.71. The van der Waals surface area contributed by atoms with E-state index >= 15 is 0 Å². The van der Waals surface area contributed by atoms with Crippen LogP contribution >= 0.6 is 0 Å². The van der Waals surface area contributed by atoms with E-state index in [0.29, 0.717) is 12.3 Å². The van der Waals surface area contributed by atoms with Gasteiger partial charge < -0.3 is 19.4 Å². The number of nitrogens with one attached hydrogen (secondary N) is 1. The van der Waals surface area contributed by atoms with Crippen molar-refractivity contribution in [1.82, 2.24) is 14.9 Å². The molecule has 0 fully saturated rings. The number of aromatic nitrogens is 2. The smallest absolute Gasteiger partial charge is 0.262 e. The predicted molar refractivity (Wildman–Crippen MR) is 77.2 cm³/mol. The van der Waals surface area contributed by atoms with E-state index in [1.54, 1.807) is 20.8 Å². The SMILES string of the molecule is CCN(CC(C)(C)O)C(=O)c1c(C)oc2nc[nH]c(=O)c12. The van der Waals surface area contributed by atoms with E-state index in [1.165, 1.54) is 11.2 Å². The van der Waals surface area contributed by atoms with Crippen molar-refractivity contribution in [3.05, 3.63) is 28.0 Å². The molecule has 0 unspecified atom stereocenters. The molecule has 0 aliphatic heterocycles. The number of aryl methyl sites for hydroxylation is 1. The number of nitrogens with zero attached hydrogens (tertiary/aromatic N) is 2. The van der Waals surface area contributed by atoms with Crippen molar-refractivity contribution in [2.45, 2.75) is 33.3 Å². The third-order valence-corrected chi connectivity index (χ3v) is 3.13. The highest BCUT2D eigenvalue weighted by Crippen LogP contribution is 2.22. The number of fused-ring (bicyclic) bond motifs is 1. The van der Waals surface area contributed by atoms with E-state index < -0.39 is 11.2 Å². The molecule has 2 N–H and O–H groups in total. The zero-order valence-electron chi connectivity index (χ0n) is 12.6. The van der Waals surface area contributed by atoms with Gasteiger partial charge in [0.15, 0.2) is 0 Å². The molecule has 114 valence electrons. The minimum Gasteiger partial charge on any atom is -0.442 e. The van der Waals surface area contributed by atoms with Crippen LogP contribution in [0.15, 0.2) is 15.5 Å². The number of carbonyl (C=O) groups is 1. The molecule has 0 saturated heterocycles. The highest BCUT2D eigenvalue weighted by molar-refractivity contribution is 6.06. The van der Waals surface area contributed by atoms with Gasteiger partial charge in [0.05, 0.1) is 17.5 Å². The first-order valence-electron chi connectivity index (χ1n) is 6.73. The summed E-state index contributed by atoms with van der Waals surface area (Å²) in [5.74, 6) is -0.0113. The summed E-state index contributed by atoms with van der Waals surface area (Å²) in [5.41, 5.74) is -1.10. The van der Waals surface area contributed by atoms with Gasteiger partial charge in [0.1, 0.15) is 11.1 Å². The summed E-state index contributed by atoms with van der Waals surface area (Å²) in [6, 6.07) is 0. The van der Waals surface area contributed by atoms with Crippen LogP contribution in [0.5, 0.6) is 0 Å². The second-order valence-electron chi connectivity index (χ2n) is 5.58. The summed E-state index contributed by atoms with van der Waals surface area (Å²) >= 11 is 0. The van der Waals surface area contributed by atoms with Gasteiger partial charge in [-0.05, 0) is 27.7 Å². The first-order valence-corrected chi connectivity index (χ1v) is 6.73. The summed E-state index contributed by atoms with van der Waals surface area (Å²) in [7, 11) is 0. The monoisotopic (exact) mass is 293 g/mol. The molecule has 0 spiro atoms. The molecule has 2 heterocycles. The number of rotatable bonds is 4. The molecule has 7 heteroatoms. The van der Waals surface area contributed by atoms with Gasteiger partial charge in [0.25, 0.3) is 11.5 Å². The number of amides is 1. The predicted octanol–water partition coefficient (Wildman–Crippen LogP) is 1.06. The summed E-state index contributed by atoms with van der Waals surface area (Å²) in [6.07, 6.45) is 1.23. The minimum absolute atomic E-state index is 0.138. The number of aromatic amines is 1. The Bertz CT molecular complexity index is 724. The van der Waals surface area contributed by atoms with E-state index in [-0.39, 0.29) is 29.1 Å². The van der Waals surface area contributed by atoms with Crippen molar-refractivity contribution >= 4 is 17.0 Å². The lowest BCUT2D eigenvalue weighted by Crippen LogP contribution is -2.42. The molecule has 21 heavy (non-hydrogen) atoms. The number of aliphatic hydroxyl groups is 1. The lowest BCUT2D eigenvalue weighted by atomic mass is 10.1. The Kier molecular flexibility index (Phi) is 3.87. The van der Waals surface area contributed by atoms with E-state index in [9.17, 15) is 14.7 Å². The van der Waals surface area contributed by atoms with Crippen LogP contribution in [0.2, 0.25) is 0 Å². The lowest BCUT2D eigenvalue weighted by molar-refractivity contribution is 0.0314. The summed E-state index contributed by atoms with van der Waals surface area (Å²) in [5, 5.41) is 10.1. The molecule has 1 amide bonds. The molecule has 0 radical (unpaired) electrons. The van der Waals surface area contributed by atoms with Crippen LogP contribution in [-0.2, 0) is 0 Å². The highest BCUT2D eigenvalue weighted by Gasteiger charge is 2.28. The van der Waals surface area contributed by atoms with Crippen molar-refractivity contribution in [2.24, 2.45) is 0 Å². The van der Waals surface area contributed by atoms with E-state index in [4.69, 9.17) is 4.42 Å². The Morgan fingerprint density at radius 1 is 1.52 bits per heavy atom. The van der Waals surface area contributed by atoms with Crippen LogP contribution in [0, 0.1) is 6.92 Å². The van der Waals surface area contributed by atoms with Gasteiger partial charge >= 0.3 is 0 Å². The maximum Gasteiger partial charge on any atom is 0.262 e. The maximum atomic E-state index is 12.7. The van der Waals surface area contributed by atoms with Crippen molar-refractivity contribution in [1.29, 1.82) is 0 Å². The van der Waals surface area contributed by atoms with Crippen LogP contribution in [0.1, 0.15) is 36.9 Å². The first-order chi connectivity index (χ1) is 9.74. The Hall–Kier alpha value is -2.15. The number of furan rings is 1. The quantitative estimate of drug-likeness (QED) is 0.878. The van der Waals surface area contributed by atoms with Gasteiger partial charge in [0.2, 0.25) is 5.71 Å². The fourth-order valence-corrected chi connectivity index (χ4v) is 2.26. The number of hydrogen-bond donors (Lipinski definition) is 2. The average molecular weight is 293 g/mol. The molecule has 7 nitrogen and oxygen atoms in total. The minimum atomic E-state index is -1.02. The summed E-state index contributed by atoms with van der Waals surface area (Å²) in [4.78, 5) is 32.5. The largest absolute Gasteiger partial charge is 0.442 e. The topological polar surface area (TPSA) is 99.4 Å². The Labute approximate surface area is 121 Å². The van der Waals surface area contributed by atoms with Gasteiger partial charge in [0, 0.05) is 13.1 Å². The number of H-pyrrole nitrogens is 1. The molecular formula is C14H19N3O4. The molecule has 0 saturated carbocycles. The Balaban J connectivity index is 2.53. The molecule has 2 aromatic heterocycles. The lowest BCUT2D eigenvalue weighted by Gasteiger charge is -2.28. The van der Waals surface area contributed by atoms with Crippen LogP contribution in [-0.4, -0.2) is 44.6 Å². The van der Waals surface area contributed by atoms with Crippen LogP contribution < -0.4 is 5.56 Å². The number of likely N-dealkylation sites (N-methyl/N-ethyl adjacent to an activating group) is 1. The fourth-order valence-electron chi connectivity index (χ4n) is 2.26. The Morgan fingerprint density at radius 3 is 2.76 bits per heavy atom. The third kappa shape index (κ3) is 2.97. The van der Waals surface area contributed by atoms with E-state index in [0.717, 1.165) is 0 Å². The van der Waals surface area contributed by atoms with Gasteiger partial charge in [-0.3, -0.25) is 9.59 Å². The molecular weight excluding hydrogens is 274 g/mol. The number of hydrogen-bond acceptors (Lipinski definition) is 5. The van der Waals surface area contributed by atoms with Crippen LogP contribution in [0.4, 0.5) is 0 Å². The second-order valence-corrected chi connectivity index (χ2v) is 5.58. The van der Waals surface area contributed by atoms with Gasteiger partial charge in [-0.2, -0.15) is 0 Å². The van der Waals surface area contributed by atoms with Crippen molar-refractivity contribution in [3.8, 4) is 0 Å². The van der Waals surface area contributed by atoms with Crippen LogP contribution in [0.25, 0.3) is 11.1 Å². The zero-order valence-corrected chi connectivity index (χ0v) is 12.6. The summed E-state index contributed by atoms with van der Waals surface area (Å²) in [6.45, 7) is 7.24. The maximum absolute atomic E-state index is 12.7. The van der Waals surface area contributed by atoms with Crippen LogP contribution in [0.3, 0.4) is 0 Å². The van der Waals surface area contributed by atoms with Gasteiger partial charge in [-0.15, -0.1) is 0 Å². The Morgan fingerprint density at radius 2 is 2.19 bits per heavy atom. The molecule has 2 aromatic rings.